The van der Waals surface area contributed by atoms with Gasteiger partial charge in [0.15, 0.2) is 0 Å². The number of ether oxygens (including phenoxy) is 2. The highest BCUT2D eigenvalue weighted by atomic mass is 16.6. The highest BCUT2D eigenvalue weighted by Gasteiger charge is 2.24. The van der Waals surface area contributed by atoms with E-state index in [4.69, 9.17) is 9.47 Å². The van der Waals surface area contributed by atoms with Crippen molar-refractivity contribution in [3.63, 3.8) is 0 Å². The lowest BCUT2D eigenvalue weighted by molar-refractivity contribution is 0.0203. The van der Waals surface area contributed by atoms with E-state index in [2.05, 4.69) is 21.3 Å². The lowest BCUT2D eigenvalue weighted by atomic mass is 10.2. The monoisotopic (exact) mass is 654 g/mol. The molecule has 47 heavy (non-hydrogen) atoms. The van der Waals surface area contributed by atoms with E-state index in [1.165, 1.54) is 0 Å². The van der Waals surface area contributed by atoms with Crippen LogP contribution in [0.4, 0.5) is 19.2 Å². The average Bonchev–Trinajstić information content (AvgIpc) is 3.00. The summed E-state index contributed by atoms with van der Waals surface area (Å²) in [5.41, 5.74) is 0.654. The molecule has 2 aromatic carbocycles. The maximum atomic E-state index is 13.0. The third-order valence-corrected chi connectivity index (χ3v) is 6.53. The molecule has 0 saturated heterocycles. The van der Waals surface area contributed by atoms with Crippen LogP contribution in [0.3, 0.4) is 0 Å². The van der Waals surface area contributed by atoms with E-state index in [0.29, 0.717) is 71.6 Å². The molecule has 12 heteroatoms. The molecule has 0 atom stereocenters. The lowest BCUT2D eigenvalue weighted by Crippen LogP contribution is -2.43. The molecule has 0 fully saturated rings. The number of hydrogen-bond donors (Lipinski definition) is 4. The van der Waals surface area contributed by atoms with E-state index >= 15 is 0 Å². The smallest absolute Gasteiger partial charge is 0.410 e. The van der Waals surface area contributed by atoms with Crippen LogP contribution in [0.25, 0.3) is 0 Å². The first-order valence-corrected chi connectivity index (χ1v) is 16.3. The molecule has 0 aromatic heterocycles. The van der Waals surface area contributed by atoms with Crippen molar-refractivity contribution in [2.45, 2.75) is 85.1 Å². The van der Waals surface area contributed by atoms with Crippen LogP contribution in [0.2, 0.25) is 0 Å². The van der Waals surface area contributed by atoms with Gasteiger partial charge < -0.3 is 40.5 Å². The van der Waals surface area contributed by atoms with Crippen LogP contribution in [-0.2, 0) is 22.6 Å². The van der Waals surface area contributed by atoms with Crippen molar-refractivity contribution in [3.8, 4) is 0 Å². The molecule has 4 N–H and O–H groups in total. The summed E-state index contributed by atoms with van der Waals surface area (Å²) in [4.78, 5) is 53.7. The zero-order valence-corrected chi connectivity index (χ0v) is 28.9. The van der Waals surface area contributed by atoms with Crippen molar-refractivity contribution < 1.29 is 28.7 Å². The number of nitrogens with zero attached hydrogens (tertiary/aromatic N) is 2. The van der Waals surface area contributed by atoms with Gasteiger partial charge in [-0.15, -0.1) is 0 Å². The van der Waals surface area contributed by atoms with Crippen LogP contribution in [0.15, 0.2) is 60.7 Å². The second-order valence-corrected chi connectivity index (χ2v) is 13.2. The molecular weight excluding hydrogens is 600 g/mol. The molecule has 2 rings (SSSR count). The summed E-state index contributed by atoms with van der Waals surface area (Å²) in [6.07, 6.45) is 0.604. The zero-order chi connectivity index (χ0) is 34.7. The highest BCUT2D eigenvalue weighted by molar-refractivity contribution is 5.74. The normalized spacial score (nSPS) is 11.2. The van der Waals surface area contributed by atoms with Gasteiger partial charge in [0.2, 0.25) is 0 Å². The topological polar surface area (TPSA) is 141 Å². The zero-order valence-electron chi connectivity index (χ0n) is 28.9. The van der Waals surface area contributed by atoms with Crippen LogP contribution < -0.4 is 21.3 Å². The highest BCUT2D eigenvalue weighted by Crippen LogP contribution is 2.13. The first kappa shape index (κ1) is 38.7. The molecule has 0 unspecified atom stereocenters. The van der Waals surface area contributed by atoms with Crippen LogP contribution in [0.5, 0.6) is 0 Å². The number of urea groups is 2. The summed E-state index contributed by atoms with van der Waals surface area (Å²) in [7, 11) is 0. The molecule has 0 saturated carbocycles. The second kappa shape index (κ2) is 19.9. The Bertz CT molecular complexity index is 1140. The van der Waals surface area contributed by atoms with Gasteiger partial charge in [0.1, 0.15) is 11.2 Å². The minimum absolute atomic E-state index is 0.283. The van der Waals surface area contributed by atoms with Crippen molar-refractivity contribution >= 4 is 24.2 Å². The molecule has 6 amide bonds. The number of amides is 6. The van der Waals surface area contributed by atoms with Gasteiger partial charge in [-0.25, -0.2) is 19.2 Å². The quantitative estimate of drug-likeness (QED) is 0.173. The largest absolute Gasteiger partial charge is 0.444 e. The van der Waals surface area contributed by atoms with Gasteiger partial charge in [0, 0.05) is 52.4 Å². The maximum Gasteiger partial charge on any atom is 0.410 e. The third-order valence-electron chi connectivity index (χ3n) is 6.53. The van der Waals surface area contributed by atoms with E-state index in [1.807, 2.05) is 102 Å². The molecule has 0 radical (unpaired) electrons. The molecular formula is C35H54N6O6. The standard InChI is InChI=1S/C35H54N6O6/c1-34(2,3)46-32(44)40(22-13-20-36-30(42)38-26-28-16-9-7-10-17-28)24-15-25-41(33(45)47-35(4,5)6)23-14-21-37-31(43)39-27-29-18-11-8-12-19-29/h7-12,16-19H,13-15,20-27H2,1-6H3,(H2,36,38,42)(H2,37,39,43). The fourth-order valence-corrected chi connectivity index (χ4v) is 4.32. The fourth-order valence-electron chi connectivity index (χ4n) is 4.32. The van der Waals surface area contributed by atoms with Crippen LogP contribution in [0, 0.1) is 0 Å². The molecule has 0 aliphatic carbocycles. The SMILES string of the molecule is CC(C)(C)OC(=O)N(CCCNC(=O)NCc1ccccc1)CCCN(CCCNC(=O)NCc1ccccc1)C(=O)OC(C)(C)C. The molecule has 12 nitrogen and oxygen atoms in total. The van der Waals surface area contributed by atoms with Crippen molar-refractivity contribution in [1.29, 1.82) is 0 Å². The lowest BCUT2D eigenvalue weighted by Gasteiger charge is -2.30. The number of carbonyl (C=O) groups is 4. The predicted octanol–water partition coefficient (Wildman–Crippen LogP) is 5.63. The Balaban J connectivity index is 1.85. The minimum Gasteiger partial charge on any atom is -0.444 e. The van der Waals surface area contributed by atoms with Crippen molar-refractivity contribution in [1.82, 2.24) is 31.1 Å². The van der Waals surface area contributed by atoms with E-state index in [1.54, 1.807) is 9.80 Å². The van der Waals surface area contributed by atoms with Gasteiger partial charge in [0.25, 0.3) is 0 Å². The summed E-state index contributed by atoms with van der Waals surface area (Å²) in [6.45, 7) is 13.8. The van der Waals surface area contributed by atoms with E-state index in [9.17, 15) is 19.2 Å². The number of hydrogen-bond acceptors (Lipinski definition) is 6. The maximum absolute atomic E-state index is 13.0. The number of carbonyl (C=O) groups excluding carboxylic acids is 4. The van der Waals surface area contributed by atoms with Crippen LogP contribution in [0.1, 0.15) is 71.9 Å². The Morgan fingerprint density at radius 1 is 0.532 bits per heavy atom. The Labute approximate surface area is 279 Å². The van der Waals surface area contributed by atoms with Crippen LogP contribution in [-0.4, -0.2) is 84.5 Å². The molecule has 0 aliphatic rings. The first-order valence-electron chi connectivity index (χ1n) is 16.3. The Morgan fingerprint density at radius 2 is 0.872 bits per heavy atom. The molecule has 0 heterocycles. The molecule has 260 valence electrons. The number of nitrogens with one attached hydrogen (secondary N) is 4. The van der Waals surface area contributed by atoms with Gasteiger partial charge >= 0.3 is 24.2 Å². The van der Waals surface area contributed by atoms with E-state index in [-0.39, 0.29) is 12.1 Å². The summed E-state index contributed by atoms with van der Waals surface area (Å²) < 4.78 is 11.2. The molecule has 0 aliphatic heterocycles. The van der Waals surface area contributed by atoms with Gasteiger partial charge in [-0.3, -0.25) is 0 Å². The molecule has 2 aromatic rings. The van der Waals surface area contributed by atoms with Gasteiger partial charge in [-0.1, -0.05) is 60.7 Å². The Morgan fingerprint density at radius 3 is 1.21 bits per heavy atom. The summed E-state index contributed by atoms with van der Waals surface area (Å²) >= 11 is 0. The van der Waals surface area contributed by atoms with Crippen LogP contribution >= 0.6 is 0 Å². The van der Waals surface area contributed by atoms with Gasteiger partial charge in [-0.2, -0.15) is 0 Å². The second-order valence-electron chi connectivity index (χ2n) is 13.2. The van der Waals surface area contributed by atoms with E-state index in [0.717, 1.165) is 11.1 Å². The first-order chi connectivity index (χ1) is 22.2. The Hall–Kier alpha value is -4.48. The predicted molar refractivity (Wildman–Crippen MR) is 183 cm³/mol. The minimum atomic E-state index is -0.673. The summed E-state index contributed by atoms with van der Waals surface area (Å²) in [5, 5.41) is 11.3. The third kappa shape index (κ3) is 18.3. The molecule has 0 bridgehead atoms. The van der Waals surface area contributed by atoms with Gasteiger partial charge in [0.05, 0.1) is 0 Å². The summed E-state index contributed by atoms with van der Waals surface area (Å²) in [5.74, 6) is 0. The van der Waals surface area contributed by atoms with Crippen molar-refractivity contribution in [2.75, 3.05) is 39.3 Å². The van der Waals surface area contributed by atoms with Gasteiger partial charge in [-0.05, 0) is 71.9 Å². The number of benzene rings is 2. The molecule has 0 spiro atoms. The number of rotatable bonds is 16. The fraction of sp³-hybridized carbons (Fsp3) is 0.543. The summed E-state index contributed by atoms with van der Waals surface area (Å²) in [6, 6.07) is 18.7. The Kier molecular flexibility index (Phi) is 16.4. The van der Waals surface area contributed by atoms with E-state index < -0.39 is 23.4 Å². The van der Waals surface area contributed by atoms with Crippen molar-refractivity contribution in [2.24, 2.45) is 0 Å². The average molecular weight is 655 g/mol. The van der Waals surface area contributed by atoms with Crippen molar-refractivity contribution in [3.05, 3.63) is 71.8 Å².